The van der Waals surface area contributed by atoms with Crippen LogP contribution in [0.4, 0.5) is 5.69 Å². The number of aryl methyl sites for hydroxylation is 1. The largest absolute Gasteiger partial charge is 0.380 e. The molecule has 1 heterocycles. The molecule has 106 valence electrons. The van der Waals surface area contributed by atoms with Crippen molar-refractivity contribution in [2.75, 3.05) is 5.32 Å². The molecule has 0 aliphatic rings. The summed E-state index contributed by atoms with van der Waals surface area (Å²) in [5, 5.41) is 5.35. The lowest BCUT2D eigenvalue weighted by molar-refractivity contribution is 1.14. The number of fused-ring (bicyclic) bond motifs is 1. The highest BCUT2D eigenvalue weighted by Gasteiger charge is 2.05. The highest BCUT2D eigenvalue weighted by molar-refractivity contribution is 9.10. The molecule has 2 nitrogen and oxygen atoms in total. The van der Waals surface area contributed by atoms with Gasteiger partial charge in [0.2, 0.25) is 0 Å². The number of nitrogens with one attached hydrogen (secondary N) is 1. The molecule has 1 aromatic heterocycles. The van der Waals surface area contributed by atoms with Crippen molar-refractivity contribution in [1.82, 2.24) is 4.98 Å². The predicted molar refractivity (Wildman–Crippen MR) is 93.0 cm³/mol. The van der Waals surface area contributed by atoms with Crippen molar-refractivity contribution in [1.29, 1.82) is 0 Å². The van der Waals surface area contributed by atoms with Gasteiger partial charge in [-0.3, -0.25) is 4.98 Å². The Kier molecular flexibility index (Phi) is 4.13. The minimum Gasteiger partial charge on any atom is -0.380 e. The van der Waals surface area contributed by atoms with E-state index in [4.69, 9.17) is 11.6 Å². The Morgan fingerprint density at radius 2 is 2.00 bits per heavy atom. The van der Waals surface area contributed by atoms with Crippen LogP contribution in [0.5, 0.6) is 0 Å². The summed E-state index contributed by atoms with van der Waals surface area (Å²) < 4.78 is 1.05. The first-order valence-corrected chi connectivity index (χ1v) is 7.84. The fraction of sp³-hybridized carbons (Fsp3) is 0.118. The van der Waals surface area contributed by atoms with Gasteiger partial charge in [0, 0.05) is 32.8 Å². The molecule has 0 radical (unpaired) electrons. The highest BCUT2D eigenvalue weighted by atomic mass is 79.9. The summed E-state index contributed by atoms with van der Waals surface area (Å²) in [4.78, 5) is 4.56. The SMILES string of the molecule is Cc1cc(NCc2cccc(Cl)c2)c2cc(Br)ccc2n1. The van der Waals surface area contributed by atoms with Crippen molar-refractivity contribution in [3.63, 3.8) is 0 Å². The second-order valence-electron chi connectivity index (χ2n) is 4.96. The van der Waals surface area contributed by atoms with Crippen LogP contribution in [-0.4, -0.2) is 4.98 Å². The molecule has 0 bridgehead atoms. The fourth-order valence-corrected chi connectivity index (χ4v) is 2.89. The number of aromatic nitrogens is 1. The monoisotopic (exact) mass is 360 g/mol. The van der Waals surface area contributed by atoms with Crippen LogP contribution >= 0.6 is 27.5 Å². The maximum Gasteiger partial charge on any atom is 0.0726 e. The number of anilines is 1. The number of rotatable bonds is 3. The molecular formula is C17H14BrClN2. The minimum atomic E-state index is 0.728. The van der Waals surface area contributed by atoms with Crippen molar-refractivity contribution in [3.05, 3.63) is 69.3 Å². The second-order valence-corrected chi connectivity index (χ2v) is 6.31. The van der Waals surface area contributed by atoms with Crippen molar-refractivity contribution in [2.24, 2.45) is 0 Å². The number of hydrogen-bond acceptors (Lipinski definition) is 2. The summed E-state index contributed by atoms with van der Waals surface area (Å²) in [6.07, 6.45) is 0. The van der Waals surface area contributed by atoms with Gasteiger partial charge in [-0.15, -0.1) is 0 Å². The van der Waals surface area contributed by atoms with Gasteiger partial charge in [-0.25, -0.2) is 0 Å². The molecule has 0 spiro atoms. The molecule has 0 aliphatic heterocycles. The average Bonchev–Trinajstić information content (AvgIpc) is 2.45. The molecule has 3 aromatic rings. The summed E-state index contributed by atoms with van der Waals surface area (Å²) in [7, 11) is 0. The summed E-state index contributed by atoms with van der Waals surface area (Å²) >= 11 is 9.54. The van der Waals surface area contributed by atoms with Gasteiger partial charge >= 0.3 is 0 Å². The van der Waals surface area contributed by atoms with Crippen LogP contribution in [0.25, 0.3) is 10.9 Å². The minimum absolute atomic E-state index is 0.728. The molecule has 3 rings (SSSR count). The van der Waals surface area contributed by atoms with E-state index in [0.717, 1.165) is 43.9 Å². The predicted octanol–water partition coefficient (Wildman–Crippen LogP) is 5.57. The van der Waals surface area contributed by atoms with Gasteiger partial charge < -0.3 is 5.32 Å². The Balaban J connectivity index is 1.94. The van der Waals surface area contributed by atoms with Gasteiger partial charge in [-0.2, -0.15) is 0 Å². The molecule has 0 amide bonds. The van der Waals surface area contributed by atoms with Crippen LogP contribution in [0.15, 0.2) is 53.0 Å². The molecule has 4 heteroatoms. The van der Waals surface area contributed by atoms with Crippen molar-refractivity contribution in [2.45, 2.75) is 13.5 Å². The second kappa shape index (κ2) is 6.04. The van der Waals surface area contributed by atoms with Crippen LogP contribution in [0.1, 0.15) is 11.3 Å². The van der Waals surface area contributed by atoms with Gasteiger partial charge in [-0.05, 0) is 48.9 Å². The van der Waals surface area contributed by atoms with Crippen LogP contribution in [0.2, 0.25) is 5.02 Å². The van der Waals surface area contributed by atoms with Crippen LogP contribution in [0, 0.1) is 6.92 Å². The quantitative estimate of drug-likeness (QED) is 0.659. The lowest BCUT2D eigenvalue weighted by atomic mass is 10.1. The zero-order chi connectivity index (χ0) is 14.8. The maximum atomic E-state index is 6.02. The third-order valence-electron chi connectivity index (χ3n) is 3.27. The smallest absolute Gasteiger partial charge is 0.0726 e. The number of hydrogen-bond donors (Lipinski definition) is 1. The lowest BCUT2D eigenvalue weighted by Crippen LogP contribution is -2.01. The Morgan fingerprint density at radius 3 is 2.81 bits per heavy atom. The fourth-order valence-electron chi connectivity index (χ4n) is 2.32. The molecule has 0 fully saturated rings. The molecule has 1 N–H and O–H groups in total. The van der Waals surface area contributed by atoms with E-state index < -0.39 is 0 Å². The molecular weight excluding hydrogens is 348 g/mol. The summed E-state index contributed by atoms with van der Waals surface area (Å²) in [5.41, 5.74) is 4.23. The van der Waals surface area contributed by atoms with E-state index >= 15 is 0 Å². The van der Waals surface area contributed by atoms with Crippen LogP contribution in [0.3, 0.4) is 0 Å². The average molecular weight is 362 g/mol. The molecule has 0 saturated heterocycles. The number of pyridine rings is 1. The van der Waals surface area contributed by atoms with Crippen LogP contribution < -0.4 is 5.32 Å². The molecule has 0 aliphatic carbocycles. The van der Waals surface area contributed by atoms with Crippen molar-refractivity contribution >= 4 is 44.1 Å². The van der Waals surface area contributed by atoms with E-state index in [0.29, 0.717) is 0 Å². The lowest BCUT2D eigenvalue weighted by Gasteiger charge is -2.11. The summed E-state index contributed by atoms with van der Waals surface area (Å²) in [5.74, 6) is 0. The molecule has 2 aromatic carbocycles. The third kappa shape index (κ3) is 3.36. The topological polar surface area (TPSA) is 24.9 Å². The zero-order valence-electron chi connectivity index (χ0n) is 11.5. The normalized spacial score (nSPS) is 10.8. The van der Waals surface area contributed by atoms with Crippen molar-refractivity contribution in [3.8, 4) is 0 Å². The van der Waals surface area contributed by atoms with E-state index in [1.165, 1.54) is 0 Å². The first kappa shape index (κ1) is 14.4. The van der Waals surface area contributed by atoms with E-state index in [2.05, 4.69) is 44.4 Å². The Hall–Kier alpha value is -1.58. The van der Waals surface area contributed by atoms with E-state index in [9.17, 15) is 0 Å². The molecule has 21 heavy (non-hydrogen) atoms. The summed E-state index contributed by atoms with van der Waals surface area (Å²) in [6.45, 7) is 2.73. The van der Waals surface area contributed by atoms with Crippen LogP contribution in [-0.2, 0) is 6.54 Å². The first-order chi connectivity index (χ1) is 10.1. The van der Waals surface area contributed by atoms with Gasteiger partial charge in [0.25, 0.3) is 0 Å². The van der Waals surface area contributed by atoms with Gasteiger partial charge in [0.15, 0.2) is 0 Å². The first-order valence-electron chi connectivity index (χ1n) is 6.67. The molecule has 0 saturated carbocycles. The Morgan fingerprint density at radius 1 is 1.14 bits per heavy atom. The Labute approximate surface area is 137 Å². The standard InChI is InChI=1S/C17H14BrClN2/c1-11-7-17(15-9-13(18)5-6-16(15)21-11)20-10-12-3-2-4-14(19)8-12/h2-9H,10H2,1H3,(H,20,21). The number of benzene rings is 2. The van der Waals surface area contributed by atoms with E-state index in [1.54, 1.807) is 0 Å². The highest BCUT2D eigenvalue weighted by Crippen LogP contribution is 2.27. The number of nitrogens with zero attached hydrogens (tertiary/aromatic N) is 1. The maximum absolute atomic E-state index is 6.02. The van der Waals surface area contributed by atoms with Gasteiger partial charge in [0.05, 0.1) is 5.52 Å². The van der Waals surface area contributed by atoms with E-state index in [-0.39, 0.29) is 0 Å². The van der Waals surface area contributed by atoms with E-state index in [1.807, 2.05) is 37.3 Å². The van der Waals surface area contributed by atoms with Gasteiger partial charge in [-0.1, -0.05) is 39.7 Å². The summed E-state index contributed by atoms with van der Waals surface area (Å²) in [6, 6.07) is 16.1. The van der Waals surface area contributed by atoms with Crippen molar-refractivity contribution < 1.29 is 0 Å². The third-order valence-corrected chi connectivity index (χ3v) is 4.00. The zero-order valence-corrected chi connectivity index (χ0v) is 13.9. The molecule has 0 unspecified atom stereocenters. The number of halogens is 2. The molecule has 0 atom stereocenters. The Bertz CT molecular complexity index is 802. The van der Waals surface area contributed by atoms with Gasteiger partial charge in [0.1, 0.15) is 0 Å².